The van der Waals surface area contributed by atoms with Crippen molar-refractivity contribution in [3.8, 4) is 0 Å². The maximum absolute atomic E-state index is 12.2. The number of benzene rings is 1. The summed E-state index contributed by atoms with van der Waals surface area (Å²) in [6.45, 7) is 3.98. The number of hydrogen-bond acceptors (Lipinski definition) is 4. The number of carbonyl (C=O) groups is 3. The summed E-state index contributed by atoms with van der Waals surface area (Å²) in [6.07, 6.45) is 19.7. The van der Waals surface area contributed by atoms with Crippen LogP contribution in [0.3, 0.4) is 0 Å². The second-order valence-electron chi connectivity index (χ2n) is 8.48. The molecular formula is C27H40O5. The summed E-state index contributed by atoms with van der Waals surface area (Å²) in [4.78, 5) is 35.6. The highest BCUT2D eigenvalue weighted by Crippen LogP contribution is 2.16. The highest BCUT2D eigenvalue weighted by molar-refractivity contribution is 6.05. The van der Waals surface area contributed by atoms with Crippen LogP contribution in [-0.2, 0) is 9.53 Å². The summed E-state index contributed by atoms with van der Waals surface area (Å²) in [6, 6.07) is 5.74. The predicted molar refractivity (Wildman–Crippen MR) is 128 cm³/mol. The Morgan fingerprint density at radius 2 is 1.38 bits per heavy atom. The van der Waals surface area contributed by atoms with Crippen LogP contribution < -0.4 is 0 Å². The van der Waals surface area contributed by atoms with Crippen molar-refractivity contribution in [3.05, 3.63) is 47.5 Å². The van der Waals surface area contributed by atoms with E-state index in [1.807, 2.05) is 0 Å². The normalized spacial score (nSPS) is 12.1. The Morgan fingerprint density at radius 1 is 0.844 bits per heavy atom. The van der Waals surface area contributed by atoms with Crippen LogP contribution >= 0.6 is 0 Å². The van der Waals surface area contributed by atoms with E-state index in [9.17, 15) is 14.4 Å². The van der Waals surface area contributed by atoms with Gasteiger partial charge >= 0.3 is 17.9 Å². The van der Waals surface area contributed by atoms with E-state index in [0.29, 0.717) is 6.42 Å². The van der Waals surface area contributed by atoms with E-state index < -0.39 is 23.8 Å². The number of allylic oxidation sites excluding steroid dienone is 2. The van der Waals surface area contributed by atoms with Gasteiger partial charge < -0.3 is 9.84 Å². The zero-order chi connectivity index (χ0) is 23.6. The number of carboxylic acids is 1. The Balaban J connectivity index is 2.12. The molecule has 178 valence electrons. The molecule has 0 saturated heterocycles. The fourth-order valence-electron chi connectivity index (χ4n) is 3.56. The molecule has 0 aromatic heterocycles. The van der Waals surface area contributed by atoms with Gasteiger partial charge in [-0.25, -0.2) is 9.59 Å². The van der Waals surface area contributed by atoms with Crippen molar-refractivity contribution in [2.45, 2.75) is 97.3 Å². The van der Waals surface area contributed by atoms with Gasteiger partial charge in [0, 0.05) is 0 Å². The maximum atomic E-state index is 12.2. The van der Waals surface area contributed by atoms with Crippen molar-refractivity contribution in [1.29, 1.82) is 0 Å². The molecule has 1 rings (SSSR count). The van der Waals surface area contributed by atoms with Gasteiger partial charge in [0.25, 0.3) is 0 Å². The van der Waals surface area contributed by atoms with E-state index in [1.165, 1.54) is 63.1 Å². The van der Waals surface area contributed by atoms with Gasteiger partial charge in [-0.2, -0.15) is 0 Å². The Morgan fingerprint density at radius 3 is 1.97 bits per heavy atom. The number of hydrogen-bond donors (Lipinski definition) is 1. The molecule has 1 N–H and O–H groups in total. The maximum Gasteiger partial charge on any atom is 0.346 e. The molecule has 0 amide bonds. The largest absolute Gasteiger partial charge is 0.478 e. The Hall–Kier alpha value is -2.43. The van der Waals surface area contributed by atoms with Gasteiger partial charge in [0.05, 0.1) is 17.0 Å². The summed E-state index contributed by atoms with van der Waals surface area (Å²) >= 11 is 0. The molecule has 0 saturated carbocycles. The molecule has 1 aromatic carbocycles. The lowest BCUT2D eigenvalue weighted by molar-refractivity contribution is -0.142. The van der Waals surface area contributed by atoms with E-state index in [-0.39, 0.29) is 11.1 Å². The highest BCUT2D eigenvalue weighted by atomic mass is 16.6. The molecule has 1 atom stereocenters. The minimum absolute atomic E-state index is 0.106. The third kappa shape index (κ3) is 11.8. The number of ether oxygens (including phenoxy) is 1. The highest BCUT2D eigenvalue weighted by Gasteiger charge is 2.22. The Labute approximate surface area is 193 Å². The zero-order valence-corrected chi connectivity index (χ0v) is 19.8. The second-order valence-corrected chi connectivity index (χ2v) is 8.48. The minimum atomic E-state index is -1.23. The van der Waals surface area contributed by atoms with E-state index >= 15 is 0 Å². The van der Waals surface area contributed by atoms with Gasteiger partial charge in [0.1, 0.15) is 0 Å². The van der Waals surface area contributed by atoms with Crippen molar-refractivity contribution in [3.63, 3.8) is 0 Å². The van der Waals surface area contributed by atoms with Crippen LogP contribution in [0.4, 0.5) is 0 Å². The second kappa shape index (κ2) is 17.2. The molecule has 5 heteroatoms. The summed E-state index contributed by atoms with van der Waals surface area (Å²) < 4.78 is 4.91. The Bertz CT molecular complexity index is 723. The SMILES string of the molecule is CCCCCCCC/C=C\CCCCCCC(C)C(=O)OC(=O)c1ccccc1C(=O)O. The first-order chi connectivity index (χ1) is 15.5. The molecule has 1 aromatic rings. The summed E-state index contributed by atoms with van der Waals surface area (Å²) in [5, 5.41) is 9.16. The number of rotatable bonds is 17. The van der Waals surface area contributed by atoms with Crippen molar-refractivity contribution >= 4 is 17.9 Å². The zero-order valence-electron chi connectivity index (χ0n) is 19.8. The monoisotopic (exact) mass is 444 g/mol. The average Bonchev–Trinajstić information content (AvgIpc) is 2.78. The molecule has 0 radical (unpaired) electrons. The van der Waals surface area contributed by atoms with Crippen LogP contribution in [0.15, 0.2) is 36.4 Å². The van der Waals surface area contributed by atoms with Crippen molar-refractivity contribution in [2.24, 2.45) is 5.92 Å². The molecule has 1 unspecified atom stereocenters. The van der Waals surface area contributed by atoms with Crippen LogP contribution in [0.1, 0.15) is 118 Å². The fraction of sp³-hybridized carbons (Fsp3) is 0.593. The van der Waals surface area contributed by atoms with Crippen molar-refractivity contribution in [2.75, 3.05) is 0 Å². The fourth-order valence-corrected chi connectivity index (χ4v) is 3.56. The van der Waals surface area contributed by atoms with E-state index in [0.717, 1.165) is 32.1 Å². The molecule has 0 spiro atoms. The van der Waals surface area contributed by atoms with Crippen molar-refractivity contribution < 1.29 is 24.2 Å². The number of unbranched alkanes of at least 4 members (excludes halogenated alkanes) is 10. The summed E-state index contributed by atoms with van der Waals surface area (Å²) in [5.74, 6) is -3.14. The Kier molecular flexibility index (Phi) is 14.8. The molecule has 0 bridgehead atoms. The van der Waals surface area contributed by atoms with Crippen LogP contribution in [0, 0.1) is 5.92 Å². The smallest absolute Gasteiger partial charge is 0.346 e. The molecule has 0 aliphatic rings. The van der Waals surface area contributed by atoms with Gasteiger partial charge in [-0.05, 0) is 44.2 Å². The van der Waals surface area contributed by atoms with Crippen LogP contribution in [0.2, 0.25) is 0 Å². The van der Waals surface area contributed by atoms with E-state index in [4.69, 9.17) is 9.84 Å². The third-order valence-corrected chi connectivity index (χ3v) is 5.62. The van der Waals surface area contributed by atoms with Crippen LogP contribution in [-0.4, -0.2) is 23.0 Å². The minimum Gasteiger partial charge on any atom is -0.478 e. The summed E-state index contributed by atoms with van der Waals surface area (Å²) in [7, 11) is 0. The number of carboxylic acid groups (broad SMARTS) is 1. The first-order valence-corrected chi connectivity index (χ1v) is 12.2. The average molecular weight is 445 g/mol. The first kappa shape index (κ1) is 27.6. The molecule has 0 fully saturated rings. The predicted octanol–water partition coefficient (Wildman–Crippen LogP) is 7.35. The topological polar surface area (TPSA) is 80.7 Å². The lowest BCUT2D eigenvalue weighted by atomic mass is 10.0. The van der Waals surface area contributed by atoms with Gasteiger partial charge in [-0.15, -0.1) is 0 Å². The third-order valence-electron chi connectivity index (χ3n) is 5.62. The van der Waals surface area contributed by atoms with Gasteiger partial charge in [-0.1, -0.05) is 89.5 Å². The first-order valence-electron chi connectivity index (χ1n) is 12.2. The van der Waals surface area contributed by atoms with Crippen molar-refractivity contribution in [1.82, 2.24) is 0 Å². The van der Waals surface area contributed by atoms with Crippen LogP contribution in [0.25, 0.3) is 0 Å². The quantitative estimate of drug-likeness (QED) is 0.118. The molecule has 0 aliphatic heterocycles. The number of esters is 2. The lowest BCUT2D eigenvalue weighted by Crippen LogP contribution is -2.21. The van der Waals surface area contributed by atoms with Crippen LogP contribution in [0.5, 0.6) is 0 Å². The van der Waals surface area contributed by atoms with E-state index in [1.54, 1.807) is 13.0 Å². The molecule has 5 nitrogen and oxygen atoms in total. The molecule has 0 aliphatic carbocycles. The number of aromatic carboxylic acids is 1. The van der Waals surface area contributed by atoms with E-state index in [2.05, 4.69) is 19.1 Å². The van der Waals surface area contributed by atoms with Gasteiger partial charge in [-0.3, -0.25) is 4.79 Å². The van der Waals surface area contributed by atoms with Gasteiger partial charge in [0.15, 0.2) is 0 Å². The standard InChI is InChI=1S/C27H40O5/c1-3-4-5-6-7-8-9-10-11-12-13-14-15-16-19-22(2)26(30)32-27(31)24-21-18-17-20-23(24)25(28)29/h10-11,17-18,20-22H,3-9,12-16,19H2,1-2H3,(H,28,29)/b11-10-. The summed E-state index contributed by atoms with van der Waals surface area (Å²) in [5.41, 5.74) is -0.274. The number of carbonyl (C=O) groups excluding carboxylic acids is 2. The lowest BCUT2D eigenvalue weighted by Gasteiger charge is -2.11. The molecule has 32 heavy (non-hydrogen) atoms. The molecular weight excluding hydrogens is 404 g/mol. The van der Waals surface area contributed by atoms with Gasteiger partial charge in [0.2, 0.25) is 0 Å². The molecule has 0 heterocycles.